The number of rotatable bonds is 4. The van der Waals surface area contributed by atoms with Gasteiger partial charge in [-0.25, -0.2) is 0 Å². The van der Waals surface area contributed by atoms with Crippen LogP contribution >= 0.6 is 0 Å². The molecule has 104 valence electrons. The number of para-hydroxylation sites is 1. The Morgan fingerprint density at radius 1 is 1.35 bits per heavy atom. The molecule has 1 aromatic carbocycles. The maximum atomic E-state index is 4.30. The van der Waals surface area contributed by atoms with Crippen LogP contribution in [0.5, 0.6) is 0 Å². The summed E-state index contributed by atoms with van der Waals surface area (Å²) in [7, 11) is 1.98. The van der Waals surface area contributed by atoms with E-state index in [1.807, 2.05) is 17.9 Å². The summed E-state index contributed by atoms with van der Waals surface area (Å²) in [5, 5.41) is 9.16. The van der Waals surface area contributed by atoms with E-state index >= 15 is 0 Å². The van der Waals surface area contributed by atoms with E-state index in [1.165, 1.54) is 27.7 Å². The number of H-pyrrole nitrogens is 1. The Kier molecular flexibility index (Phi) is 3.32. The van der Waals surface area contributed by atoms with Crippen molar-refractivity contribution in [2.24, 2.45) is 7.05 Å². The summed E-state index contributed by atoms with van der Waals surface area (Å²) < 4.78 is 1.92. The van der Waals surface area contributed by atoms with Crippen LogP contribution in [0.1, 0.15) is 29.8 Å². The minimum absolute atomic E-state index is 0.289. The van der Waals surface area contributed by atoms with Crippen LogP contribution < -0.4 is 5.32 Å². The number of fused-ring (bicyclic) bond motifs is 1. The maximum absolute atomic E-state index is 4.30. The molecular formula is C16H20N4. The van der Waals surface area contributed by atoms with Gasteiger partial charge in [-0.1, -0.05) is 18.2 Å². The summed E-state index contributed by atoms with van der Waals surface area (Å²) in [5.74, 6) is 0. The lowest BCUT2D eigenvalue weighted by Gasteiger charge is -2.13. The number of aromatic amines is 1. The molecule has 2 heterocycles. The van der Waals surface area contributed by atoms with Crippen LogP contribution in [0.15, 0.2) is 36.7 Å². The largest absolute Gasteiger partial charge is 0.361 e. The van der Waals surface area contributed by atoms with Gasteiger partial charge in [0.15, 0.2) is 0 Å². The predicted octanol–water partition coefficient (Wildman–Crippen LogP) is 3.06. The third-order valence-corrected chi connectivity index (χ3v) is 4.01. The van der Waals surface area contributed by atoms with Crippen LogP contribution in [0.2, 0.25) is 0 Å². The van der Waals surface area contributed by atoms with Crippen molar-refractivity contribution in [1.29, 1.82) is 0 Å². The molecule has 0 aliphatic carbocycles. The van der Waals surface area contributed by atoms with Gasteiger partial charge in [0.05, 0.1) is 6.20 Å². The summed E-state index contributed by atoms with van der Waals surface area (Å²) in [4.78, 5) is 3.31. The number of nitrogens with zero attached hydrogens (tertiary/aromatic N) is 2. The Hall–Kier alpha value is -2.07. The van der Waals surface area contributed by atoms with Crippen LogP contribution in [0.4, 0.5) is 0 Å². The highest BCUT2D eigenvalue weighted by Gasteiger charge is 2.12. The Bertz CT molecular complexity index is 723. The van der Waals surface area contributed by atoms with Gasteiger partial charge in [-0.2, -0.15) is 5.10 Å². The van der Waals surface area contributed by atoms with Crippen molar-refractivity contribution < 1.29 is 0 Å². The summed E-state index contributed by atoms with van der Waals surface area (Å²) in [6.07, 6.45) is 4.03. The van der Waals surface area contributed by atoms with E-state index in [1.54, 1.807) is 0 Å². The SMILES string of the molecule is Cc1c(C(C)NCc2c[nH]c3ccccc23)cnn1C. The average Bonchev–Trinajstić information content (AvgIpc) is 3.01. The summed E-state index contributed by atoms with van der Waals surface area (Å²) in [5.41, 5.74) is 4.96. The molecule has 4 nitrogen and oxygen atoms in total. The van der Waals surface area contributed by atoms with Crippen molar-refractivity contribution in [3.63, 3.8) is 0 Å². The zero-order valence-electron chi connectivity index (χ0n) is 12.1. The van der Waals surface area contributed by atoms with E-state index in [-0.39, 0.29) is 6.04 Å². The molecule has 0 aliphatic heterocycles. The summed E-state index contributed by atoms with van der Waals surface area (Å²) in [6, 6.07) is 8.68. The van der Waals surface area contributed by atoms with Crippen molar-refractivity contribution in [3.8, 4) is 0 Å². The first-order valence-electron chi connectivity index (χ1n) is 6.93. The third-order valence-electron chi connectivity index (χ3n) is 4.01. The molecule has 3 aromatic rings. The lowest BCUT2D eigenvalue weighted by molar-refractivity contribution is 0.572. The number of aromatic nitrogens is 3. The van der Waals surface area contributed by atoms with Crippen molar-refractivity contribution >= 4 is 10.9 Å². The minimum atomic E-state index is 0.289. The highest BCUT2D eigenvalue weighted by atomic mass is 15.3. The number of benzene rings is 1. The zero-order valence-corrected chi connectivity index (χ0v) is 12.1. The molecule has 0 radical (unpaired) electrons. The van der Waals surface area contributed by atoms with Crippen LogP contribution in [0, 0.1) is 6.92 Å². The molecule has 0 saturated heterocycles. The van der Waals surface area contributed by atoms with Gasteiger partial charge >= 0.3 is 0 Å². The fourth-order valence-electron chi connectivity index (χ4n) is 2.59. The quantitative estimate of drug-likeness (QED) is 0.764. The maximum Gasteiger partial charge on any atom is 0.0540 e. The predicted molar refractivity (Wildman–Crippen MR) is 81.5 cm³/mol. The van der Waals surface area contributed by atoms with Crippen LogP contribution in [-0.2, 0) is 13.6 Å². The lowest BCUT2D eigenvalue weighted by atomic mass is 10.1. The topological polar surface area (TPSA) is 45.6 Å². The van der Waals surface area contributed by atoms with Crippen LogP contribution in [-0.4, -0.2) is 14.8 Å². The normalized spacial score (nSPS) is 12.9. The van der Waals surface area contributed by atoms with Gasteiger partial charge in [0.2, 0.25) is 0 Å². The Balaban J connectivity index is 1.75. The van der Waals surface area contributed by atoms with Crippen LogP contribution in [0.3, 0.4) is 0 Å². The fraction of sp³-hybridized carbons (Fsp3) is 0.312. The molecule has 0 saturated carbocycles. The molecule has 0 fully saturated rings. The van der Waals surface area contributed by atoms with Crippen molar-refractivity contribution in [3.05, 3.63) is 53.5 Å². The standard InChI is InChI=1S/C16H20N4/c1-11(15-10-19-20(3)12(15)2)17-8-13-9-18-16-7-5-4-6-14(13)16/h4-7,9-11,17-18H,8H2,1-3H3. The Morgan fingerprint density at radius 3 is 2.90 bits per heavy atom. The summed E-state index contributed by atoms with van der Waals surface area (Å²) >= 11 is 0. The van der Waals surface area contributed by atoms with Crippen molar-refractivity contribution in [2.45, 2.75) is 26.4 Å². The van der Waals surface area contributed by atoms with Gasteiger partial charge in [-0.05, 0) is 25.5 Å². The van der Waals surface area contributed by atoms with E-state index < -0.39 is 0 Å². The molecule has 3 rings (SSSR count). The van der Waals surface area contributed by atoms with Gasteiger partial charge < -0.3 is 10.3 Å². The van der Waals surface area contributed by atoms with Crippen molar-refractivity contribution in [1.82, 2.24) is 20.1 Å². The molecule has 1 atom stereocenters. The zero-order chi connectivity index (χ0) is 14.1. The lowest BCUT2D eigenvalue weighted by Crippen LogP contribution is -2.18. The second-order valence-corrected chi connectivity index (χ2v) is 5.27. The second kappa shape index (κ2) is 5.13. The minimum Gasteiger partial charge on any atom is -0.361 e. The summed E-state index contributed by atoms with van der Waals surface area (Å²) in [6.45, 7) is 5.13. The highest BCUT2D eigenvalue weighted by molar-refractivity contribution is 5.82. The Labute approximate surface area is 118 Å². The molecule has 2 aromatic heterocycles. The first kappa shape index (κ1) is 12.9. The molecule has 0 amide bonds. The van der Waals surface area contributed by atoms with Gasteiger partial charge in [-0.3, -0.25) is 4.68 Å². The molecule has 2 N–H and O–H groups in total. The number of aryl methyl sites for hydroxylation is 1. The Morgan fingerprint density at radius 2 is 2.15 bits per heavy atom. The van der Waals surface area contributed by atoms with E-state index in [0.29, 0.717) is 0 Å². The third kappa shape index (κ3) is 2.23. The number of hydrogen-bond donors (Lipinski definition) is 2. The molecule has 0 aliphatic rings. The van der Waals surface area contributed by atoms with E-state index in [0.717, 1.165) is 6.54 Å². The molecule has 0 bridgehead atoms. The molecular weight excluding hydrogens is 248 g/mol. The van der Waals surface area contributed by atoms with E-state index in [2.05, 4.69) is 59.7 Å². The van der Waals surface area contributed by atoms with Crippen molar-refractivity contribution in [2.75, 3.05) is 0 Å². The number of hydrogen-bond acceptors (Lipinski definition) is 2. The molecule has 4 heteroatoms. The molecule has 0 spiro atoms. The van der Waals surface area contributed by atoms with Crippen LogP contribution in [0.25, 0.3) is 10.9 Å². The molecule has 20 heavy (non-hydrogen) atoms. The van der Waals surface area contributed by atoms with Gasteiger partial charge in [-0.15, -0.1) is 0 Å². The highest BCUT2D eigenvalue weighted by Crippen LogP contribution is 2.20. The molecule has 1 unspecified atom stereocenters. The fourth-order valence-corrected chi connectivity index (χ4v) is 2.59. The van der Waals surface area contributed by atoms with Gasteiger partial charge in [0, 0.05) is 48.0 Å². The van der Waals surface area contributed by atoms with Gasteiger partial charge in [0.1, 0.15) is 0 Å². The monoisotopic (exact) mass is 268 g/mol. The number of nitrogens with one attached hydrogen (secondary N) is 2. The smallest absolute Gasteiger partial charge is 0.0540 e. The van der Waals surface area contributed by atoms with E-state index in [4.69, 9.17) is 0 Å². The average molecular weight is 268 g/mol. The first-order valence-corrected chi connectivity index (χ1v) is 6.93. The van der Waals surface area contributed by atoms with E-state index in [9.17, 15) is 0 Å². The second-order valence-electron chi connectivity index (χ2n) is 5.27. The van der Waals surface area contributed by atoms with Gasteiger partial charge in [0.25, 0.3) is 0 Å². The first-order chi connectivity index (χ1) is 9.66.